The standard InChI is InChI=1S/C17H29NO3Si/c1-19-17(12-7-8-15-22(17,20-2)21-3)13-9-14-18-16-10-5-4-6-11-16/h4-6,10-11,18H,7-9,12-15H2,1-3H3. The third-order valence-corrected chi connectivity index (χ3v) is 9.36. The number of rotatable bonds is 8. The Labute approximate surface area is 135 Å². The minimum atomic E-state index is -2.29. The number of hydrogen-bond acceptors (Lipinski definition) is 4. The Balaban J connectivity index is 1.94. The van der Waals surface area contributed by atoms with Crippen molar-refractivity contribution < 1.29 is 13.6 Å². The number of para-hydroxylation sites is 1. The van der Waals surface area contributed by atoms with Crippen LogP contribution in [0.2, 0.25) is 6.04 Å². The number of hydrogen-bond donors (Lipinski definition) is 1. The van der Waals surface area contributed by atoms with Crippen LogP contribution in [0.25, 0.3) is 0 Å². The Kier molecular flexibility index (Phi) is 6.44. The average molecular weight is 324 g/mol. The quantitative estimate of drug-likeness (QED) is 0.584. The van der Waals surface area contributed by atoms with Gasteiger partial charge in [-0.1, -0.05) is 31.0 Å². The molecule has 0 amide bonds. The molecule has 0 radical (unpaired) electrons. The minimum Gasteiger partial charge on any atom is -0.396 e. The third kappa shape index (κ3) is 3.54. The molecule has 0 aliphatic carbocycles. The first-order valence-corrected chi connectivity index (χ1v) is 10.2. The fraction of sp³-hybridized carbons (Fsp3) is 0.647. The normalized spacial score (nSPS) is 24.1. The summed E-state index contributed by atoms with van der Waals surface area (Å²) in [5, 5.41) is 3.25. The van der Waals surface area contributed by atoms with E-state index in [2.05, 4.69) is 17.4 Å². The van der Waals surface area contributed by atoms with Gasteiger partial charge >= 0.3 is 8.56 Å². The van der Waals surface area contributed by atoms with Gasteiger partial charge in [-0.2, -0.15) is 0 Å². The fourth-order valence-corrected chi connectivity index (χ4v) is 7.60. The smallest absolute Gasteiger partial charge is 0.370 e. The first-order valence-electron chi connectivity index (χ1n) is 8.16. The molecule has 1 saturated heterocycles. The van der Waals surface area contributed by atoms with Crippen LogP contribution in [0, 0.1) is 0 Å². The van der Waals surface area contributed by atoms with Crippen LogP contribution in [0.5, 0.6) is 0 Å². The molecule has 1 aliphatic heterocycles. The van der Waals surface area contributed by atoms with Crippen LogP contribution in [0.1, 0.15) is 32.1 Å². The molecular weight excluding hydrogens is 294 g/mol. The van der Waals surface area contributed by atoms with Gasteiger partial charge in [0.05, 0.1) is 0 Å². The van der Waals surface area contributed by atoms with Crippen molar-refractivity contribution in [2.45, 2.75) is 43.4 Å². The highest BCUT2D eigenvalue weighted by molar-refractivity contribution is 6.70. The summed E-state index contributed by atoms with van der Waals surface area (Å²) in [6.45, 7) is 0.938. The lowest BCUT2D eigenvalue weighted by Gasteiger charge is -2.48. The van der Waals surface area contributed by atoms with Gasteiger partial charge < -0.3 is 18.9 Å². The maximum absolute atomic E-state index is 6.01. The number of nitrogens with one attached hydrogen (secondary N) is 1. The molecule has 2 rings (SSSR count). The van der Waals surface area contributed by atoms with Gasteiger partial charge in [0.15, 0.2) is 0 Å². The van der Waals surface area contributed by atoms with Crippen LogP contribution in [-0.4, -0.2) is 41.7 Å². The third-order valence-electron chi connectivity index (χ3n) is 4.94. The molecule has 1 aliphatic rings. The first-order chi connectivity index (χ1) is 10.7. The zero-order valence-electron chi connectivity index (χ0n) is 14.1. The first kappa shape index (κ1) is 17.5. The van der Waals surface area contributed by atoms with E-state index in [9.17, 15) is 0 Å². The van der Waals surface area contributed by atoms with Gasteiger partial charge in [0.1, 0.15) is 5.22 Å². The lowest BCUT2D eigenvalue weighted by atomic mass is 10.1. The van der Waals surface area contributed by atoms with Crippen LogP contribution in [0.3, 0.4) is 0 Å². The van der Waals surface area contributed by atoms with E-state index in [4.69, 9.17) is 13.6 Å². The topological polar surface area (TPSA) is 39.7 Å². The van der Waals surface area contributed by atoms with Crippen molar-refractivity contribution in [2.75, 3.05) is 33.2 Å². The van der Waals surface area contributed by atoms with Crippen LogP contribution in [0.4, 0.5) is 5.69 Å². The van der Waals surface area contributed by atoms with Gasteiger partial charge in [0.2, 0.25) is 0 Å². The second-order valence-corrected chi connectivity index (χ2v) is 9.70. The second kappa shape index (κ2) is 8.11. The van der Waals surface area contributed by atoms with Crippen molar-refractivity contribution in [3.05, 3.63) is 30.3 Å². The monoisotopic (exact) mass is 323 g/mol. The highest BCUT2D eigenvalue weighted by atomic mass is 28.4. The van der Waals surface area contributed by atoms with E-state index in [-0.39, 0.29) is 5.22 Å². The molecule has 1 unspecified atom stereocenters. The number of methoxy groups -OCH3 is 1. The predicted octanol–water partition coefficient (Wildman–Crippen LogP) is 3.72. The van der Waals surface area contributed by atoms with Gasteiger partial charge in [-0.3, -0.25) is 0 Å². The molecule has 4 nitrogen and oxygen atoms in total. The van der Waals surface area contributed by atoms with E-state index < -0.39 is 8.56 Å². The van der Waals surface area contributed by atoms with Gasteiger partial charge in [0, 0.05) is 33.6 Å². The highest BCUT2D eigenvalue weighted by Gasteiger charge is 2.58. The van der Waals surface area contributed by atoms with E-state index in [0.29, 0.717) is 0 Å². The number of anilines is 1. The summed E-state index contributed by atoms with van der Waals surface area (Å²) >= 11 is 0. The molecule has 124 valence electrons. The average Bonchev–Trinajstić information content (AvgIpc) is 2.60. The molecule has 0 bridgehead atoms. The Morgan fingerprint density at radius 3 is 2.45 bits per heavy atom. The summed E-state index contributed by atoms with van der Waals surface area (Å²) in [7, 11) is 3.10. The highest BCUT2D eigenvalue weighted by Crippen LogP contribution is 2.42. The maximum atomic E-state index is 6.01. The fourth-order valence-electron chi connectivity index (χ4n) is 3.68. The zero-order chi connectivity index (χ0) is 15.9. The Morgan fingerprint density at radius 1 is 1.09 bits per heavy atom. The van der Waals surface area contributed by atoms with Crippen LogP contribution in [0.15, 0.2) is 30.3 Å². The van der Waals surface area contributed by atoms with Crippen LogP contribution in [-0.2, 0) is 13.6 Å². The lowest BCUT2D eigenvalue weighted by molar-refractivity contribution is -0.0151. The van der Waals surface area contributed by atoms with Gasteiger partial charge in [-0.15, -0.1) is 0 Å². The van der Waals surface area contributed by atoms with Crippen molar-refractivity contribution >= 4 is 14.2 Å². The summed E-state index contributed by atoms with van der Waals surface area (Å²) in [4.78, 5) is 0. The summed E-state index contributed by atoms with van der Waals surface area (Å²) in [6.07, 6.45) is 5.45. The second-order valence-electron chi connectivity index (χ2n) is 5.96. The maximum Gasteiger partial charge on any atom is 0.370 e. The summed E-state index contributed by atoms with van der Waals surface area (Å²) in [5.41, 5.74) is 1.17. The van der Waals surface area contributed by atoms with Crippen molar-refractivity contribution in [3.8, 4) is 0 Å². The molecule has 1 aromatic carbocycles. The van der Waals surface area contributed by atoms with Crippen LogP contribution < -0.4 is 5.32 Å². The molecule has 0 aromatic heterocycles. The molecule has 5 heteroatoms. The molecule has 1 N–H and O–H groups in total. The Hall–Kier alpha value is -0.883. The zero-order valence-corrected chi connectivity index (χ0v) is 15.1. The van der Waals surface area contributed by atoms with Crippen molar-refractivity contribution in [1.82, 2.24) is 0 Å². The molecule has 0 saturated carbocycles. The van der Waals surface area contributed by atoms with Gasteiger partial charge in [-0.05, 0) is 37.4 Å². The van der Waals surface area contributed by atoms with Gasteiger partial charge in [0.25, 0.3) is 0 Å². The molecule has 1 atom stereocenters. The van der Waals surface area contributed by atoms with E-state index in [1.165, 1.54) is 18.5 Å². The van der Waals surface area contributed by atoms with Crippen molar-refractivity contribution in [3.63, 3.8) is 0 Å². The molecule has 1 aromatic rings. The molecule has 1 fully saturated rings. The van der Waals surface area contributed by atoms with Crippen LogP contribution >= 0.6 is 0 Å². The number of ether oxygens (including phenoxy) is 1. The Bertz CT molecular complexity index is 439. The van der Waals surface area contributed by atoms with Gasteiger partial charge in [-0.25, -0.2) is 0 Å². The number of benzene rings is 1. The Morgan fingerprint density at radius 2 is 1.82 bits per heavy atom. The molecule has 22 heavy (non-hydrogen) atoms. The molecule has 1 heterocycles. The lowest BCUT2D eigenvalue weighted by Crippen LogP contribution is -2.64. The predicted molar refractivity (Wildman–Crippen MR) is 92.3 cm³/mol. The SMILES string of the molecule is COC1(CCCNc2ccccc2)CCCC[Si]1(OC)OC. The van der Waals surface area contributed by atoms with Crippen molar-refractivity contribution in [1.29, 1.82) is 0 Å². The molecular formula is C17H29NO3Si. The van der Waals surface area contributed by atoms with E-state index in [1.807, 2.05) is 25.3 Å². The van der Waals surface area contributed by atoms with E-state index in [0.717, 1.165) is 31.9 Å². The van der Waals surface area contributed by atoms with Crippen molar-refractivity contribution in [2.24, 2.45) is 0 Å². The summed E-state index contributed by atoms with van der Waals surface area (Å²) in [5.74, 6) is 0. The largest absolute Gasteiger partial charge is 0.396 e. The van der Waals surface area contributed by atoms with E-state index >= 15 is 0 Å². The summed E-state index contributed by atoms with van der Waals surface area (Å²) in [6, 6.07) is 11.3. The minimum absolute atomic E-state index is 0.215. The molecule has 0 spiro atoms. The summed E-state index contributed by atoms with van der Waals surface area (Å²) < 4.78 is 17.9. The van der Waals surface area contributed by atoms with E-state index in [1.54, 1.807) is 14.2 Å².